The highest BCUT2D eigenvalue weighted by molar-refractivity contribution is 5.41. The molecule has 0 amide bonds. The zero-order chi connectivity index (χ0) is 13.2. The Bertz CT molecular complexity index is 433. The van der Waals surface area contributed by atoms with Crippen LogP contribution in [0.2, 0.25) is 0 Å². The molecule has 0 saturated carbocycles. The molecule has 0 aromatic carbocycles. The monoisotopic (exact) mass is 233 g/mol. The van der Waals surface area contributed by atoms with E-state index in [4.69, 9.17) is 9.72 Å². The van der Waals surface area contributed by atoms with E-state index in [9.17, 15) is 0 Å². The minimum Gasteiger partial charge on any atom is -0.501 e. The van der Waals surface area contributed by atoms with E-state index in [0.29, 0.717) is 5.92 Å². The maximum absolute atomic E-state index is 5.19. The van der Waals surface area contributed by atoms with Crippen LogP contribution in [0.1, 0.15) is 47.8 Å². The van der Waals surface area contributed by atoms with E-state index in [1.165, 1.54) is 22.4 Å². The fourth-order valence-corrected chi connectivity index (χ4v) is 2.10. The van der Waals surface area contributed by atoms with Gasteiger partial charge in [-0.1, -0.05) is 20.4 Å². The Morgan fingerprint density at radius 1 is 1.24 bits per heavy atom. The molecule has 0 saturated heterocycles. The Hall–Kier alpha value is -1.31. The summed E-state index contributed by atoms with van der Waals surface area (Å²) in [7, 11) is 1.67. The summed E-state index contributed by atoms with van der Waals surface area (Å²) < 4.78 is 5.19. The van der Waals surface area contributed by atoms with E-state index in [0.717, 1.165) is 17.9 Å². The van der Waals surface area contributed by atoms with Gasteiger partial charge in [-0.3, -0.25) is 4.98 Å². The van der Waals surface area contributed by atoms with E-state index in [1.807, 2.05) is 0 Å². The van der Waals surface area contributed by atoms with Gasteiger partial charge in [0.15, 0.2) is 0 Å². The van der Waals surface area contributed by atoms with Gasteiger partial charge in [0.1, 0.15) is 0 Å². The van der Waals surface area contributed by atoms with Crippen LogP contribution < -0.4 is 0 Å². The highest BCUT2D eigenvalue weighted by Crippen LogP contribution is 2.26. The Morgan fingerprint density at radius 2 is 1.82 bits per heavy atom. The molecule has 1 rings (SSSR count). The number of hydrogen-bond donors (Lipinski definition) is 0. The van der Waals surface area contributed by atoms with Crippen LogP contribution in [0.25, 0.3) is 0 Å². The topological polar surface area (TPSA) is 22.1 Å². The minimum absolute atomic E-state index is 0.448. The third-order valence-corrected chi connectivity index (χ3v) is 3.33. The second-order valence-electron chi connectivity index (χ2n) is 4.89. The lowest BCUT2D eigenvalue weighted by Gasteiger charge is -2.18. The molecule has 0 unspecified atom stereocenters. The lowest BCUT2D eigenvalue weighted by atomic mass is 9.93. The standard InChI is InChI=1S/C15H23NO/c1-9(2)15-12(5)14(8-10(3)17-7)11(4)13(6)16-15/h9H,3,8H2,1-2,4-7H3. The van der Waals surface area contributed by atoms with Crippen LogP contribution in [0.5, 0.6) is 0 Å². The quantitative estimate of drug-likeness (QED) is 0.737. The number of pyridine rings is 1. The van der Waals surface area contributed by atoms with Crippen molar-refractivity contribution in [1.82, 2.24) is 4.98 Å². The molecule has 0 aliphatic carbocycles. The number of methoxy groups -OCH3 is 1. The highest BCUT2D eigenvalue weighted by atomic mass is 16.5. The Kier molecular flexibility index (Phi) is 4.33. The van der Waals surface area contributed by atoms with Crippen molar-refractivity contribution in [3.05, 3.63) is 40.4 Å². The number of hydrogen-bond acceptors (Lipinski definition) is 2. The molecular weight excluding hydrogens is 210 g/mol. The molecule has 17 heavy (non-hydrogen) atoms. The Morgan fingerprint density at radius 3 is 2.29 bits per heavy atom. The summed E-state index contributed by atoms with van der Waals surface area (Å²) in [4.78, 5) is 4.70. The molecule has 94 valence electrons. The van der Waals surface area contributed by atoms with Crippen LogP contribution in [-0.2, 0) is 11.2 Å². The second-order valence-corrected chi connectivity index (χ2v) is 4.89. The zero-order valence-electron chi connectivity index (χ0n) is 11.8. The van der Waals surface area contributed by atoms with Crippen molar-refractivity contribution in [3.8, 4) is 0 Å². The zero-order valence-corrected chi connectivity index (χ0v) is 11.8. The molecule has 1 aromatic rings. The predicted octanol–water partition coefficient (Wildman–Crippen LogP) is 3.83. The van der Waals surface area contributed by atoms with Crippen molar-refractivity contribution < 1.29 is 4.74 Å². The van der Waals surface area contributed by atoms with Gasteiger partial charge in [-0.05, 0) is 43.4 Å². The molecule has 0 N–H and O–H groups in total. The first kappa shape index (κ1) is 13.8. The number of ether oxygens (including phenoxy) is 1. The lowest BCUT2D eigenvalue weighted by molar-refractivity contribution is 0.285. The molecular formula is C15H23NO. The molecule has 0 atom stereocenters. The van der Waals surface area contributed by atoms with Crippen LogP contribution in [0.4, 0.5) is 0 Å². The number of rotatable bonds is 4. The normalized spacial score (nSPS) is 10.8. The summed E-state index contributed by atoms with van der Waals surface area (Å²) in [6.45, 7) is 14.6. The van der Waals surface area contributed by atoms with Gasteiger partial charge in [0, 0.05) is 17.8 Å². The average Bonchev–Trinajstić information content (AvgIpc) is 2.28. The van der Waals surface area contributed by atoms with Gasteiger partial charge in [-0.2, -0.15) is 0 Å². The number of nitrogens with zero attached hydrogens (tertiary/aromatic N) is 1. The predicted molar refractivity (Wildman–Crippen MR) is 72.4 cm³/mol. The van der Waals surface area contributed by atoms with E-state index < -0.39 is 0 Å². The summed E-state index contributed by atoms with van der Waals surface area (Å²) >= 11 is 0. The molecule has 2 nitrogen and oxygen atoms in total. The molecule has 0 fully saturated rings. The van der Waals surface area contributed by atoms with Crippen molar-refractivity contribution >= 4 is 0 Å². The SMILES string of the molecule is C=C(Cc1c(C)c(C)nc(C(C)C)c1C)OC. The van der Waals surface area contributed by atoms with E-state index >= 15 is 0 Å². The van der Waals surface area contributed by atoms with Crippen molar-refractivity contribution in [2.24, 2.45) is 0 Å². The molecule has 1 aromatic heterocycles. The summed E-state index contributed by atoms with van der Waals surface area (Å²) in [6.07, 6.45) is 0.775. The first-order valence-electron chi connectivity index (χ1n) is 6.06. The lowest BCUT2D eigenvalue weighted by Crippen LogP contribution is -2.08. The first-order chi connectivity index (χ1) is 7.88. The summed E-state index contributed by atoms with van der Waals surface area (Å²) in [6, 6.07) is 0. The third-order valence-electron chi connectivity index (χ3n) is 3.33. The van der Waals surface area contributed by atoms with Crippen LogP contribution in [-0.4, -0.2) is 12.1 Å². The smallest absolute Gasteiger partial charge is 0.0927 e. The van der Waals surface area contributed by atoms with Crippen LogP contribution in [0.15, 0.2) is 12.3 Å². The van der Waals surface area contributed by atoms with Gasteiger partial charge >= 0.3 is 0 Å². The molecule has 1 heterocycles. The number of aryl methyl sites for hydroxylation is 1. The maximum Gasteiger partial charge on any atom is 0.0927 e. The van der Waals surface area contributed by atoms with Gasteiger partial charge in [0.25, 0.3) is 0 Å². The fraction of sp³-hybridized carbons (Fsp3) is 0.533. The molecule has 2 heteroatoms. The summed E-state index contributed by atoms with van der Waals surface area (Å²) in [5.74, 6) is 1.25. The highest BCUT2D eigenvalue weighted by Gasteiger charge is 2.15. The molecule has 0 radical (unpaired) electrons. The first-order valence-corrected chi connectivity index (χ1v) is 6.06. The van der Waals surface area contributed by atoms with E-state index in [-0.39, 0.29) is 0 Å². The van der Waals surface area contributed by atoms with Crippen molar-refractivity contribution in [2.45, 2.75) is 47.0 Å². The van der Waals surface area contributed by atoms with Crippen LogP contribution >= 0.6 is 0 Å². The van der Waals surface area contributed by atoms with Gasteiger partial charge < -0.3 is 4.74 Å². The average molecular weight is 233 g/mol. The fourth-order valence-electron chi connectivity index (χ4n) is 2.10. The Balaban J connectivity index is 3.31. The summed E-state index contributed by atoms with van der Waals surface area (Å²) in [5.41, 5.74) is 6.14. The van der Waals surface area contributed by atoms with Crippen LogP contribution in [0.3, 0.4) is 0 Å². The van der Waals surface area contributed by atoms with Gasteiger partial charge in [-0.15, -0.1) is 0 Å². The molecule has 0 aliphatic rings. The van der Waals surface area contributed by atoms with E-state index in [2.05, 4.69) is 41.2 Å². The minimum atomic E-state index is 0.448. The molecule has 0 aliphatic heterocycles. The van der Waals surface area contributed by atoms with Gasteiger partial charge in [0.05, 0.1) is 12.9 Å². The van der Waals surface area contributed by atoms with Gasteiger partial charge in [-0.25, -0.2) is 0 Å². The molecule has 0 bridgehead atoms. The van der Waals surface area contributed by atoms with Crippen molar-refractivity contribution in [3.63, 3.8) is 0 Å². The van der Waals surface area contributed by atoms with Gasteiger partial charge in [0.2, 0.25) is 0 Å². The molecule has 0 spiro atoms. The largest absolute Gasteiger partial charge is 0.501 e. The third kappa shape index (κ3) is 2.87. The van der Waals surface area contributed by atoms with Crippen molar-refractivity contribution in [2.75, 3.05) is 7.11 Å². The number of allylic oxidation sites excluding steroid dienone is 1. The van der Waals surface area contributed by atoms with Crippen LogP contribution in [0, 0.1) is 20.8 Å². The Labute approximate surface area is 105 Å². The second kappa shape index (κ2) is 5.35. The van der Waals surface area contributed by atoms with Crippen molar-refractivity contribution in [1.29, 1.82) is 0 Å². The number of aromatic nitrogens is 1. The summed E-state index contributed by atoms with van der Waals surface area (Å²) in [5, 5.41) is 0. The maximum atomic E-state index is 5.19. The van der Waals surface area contributed by atoms with E-state index in [1.54, 1.807) is 7.11 Å².